The van der Waals surface area contributed by atoms with Gasteiger partial charge in [-0.1, -0.05) is 29.8 Å². The fourth-order valence-electron chi connectivity index (χ4n) is 2.24. The Hall–Kier alpha value is -2.04. The highest BCUT2D eigenvalue weighted by molar-refractivity contribution is 5.87. The van der Waals surface area contributed by atoms with Crippen LogP contribution in [0.4, 0.5) is 4.79 Å². The van der Waals surface area contributed by atoms with Crippen LogP contribution in [0, 0.1) is 6.92 Å². The molecule has 5 heteroatoms. The van der Waals surface area contributed by atoms with Crippen LogP contribution in [-0.2, 0) is 11.3 Å². The Morgan fingerprint density at radius 1 is 1.41 bits per heavy atom. The van der Waals surface area contributed by atoms with Crippen LogP contribution >= 0.6 is 0 Å². The van der Waals surface area contributed by atoms with Crippen LogP contribution in [0.25, 0.3) is 0 Å². The zero-order valence-corrected chi connectivity index (χ0v) is 13.8. The number of carbonyl (C=O) groups excluding carboxylic acids is 1. The monoisotopic (exact) mass is 303 g/mol. The molecule has 1 aromatic rings. The van der Waals surface area contributed by atoms with Gasteiger partial charge in [0.05, 0.1) is 13.1 Å². The molecule has 5 nitrogen and oxygen atoms in total. The molecule has 0 aromatic heterocycles. The van der Waals surface area contributed by atoms with Crippen molar-refractivity contribution in [3.05, 3.63) is 35.4 Å². The van der Waals surface area contributed by atoms with E-state index in [1.54, 1.807) is 4.90 Å². The summed E-state index contributed by atoms with van der Waals surface area (Å²) < 4.78 is 5.41. The summed E-state index contributed by atoms with van der Waals surface area (Å²) >= 11 is 0. The van der Waals surface area contributed by atoms with Gasteiger partial charge in [0.25, 0.3) is 0 Å². The van der Waals surface area contributed by atoms with Crippen LogP contribution in [0.3, 0.4) is 0 Å². The standard InChI is InChI=1S/C17H25N3O2/c1-13-6-5-7-14(10-13)11-19-15-12-20(9-8-18-15)16(21)22-17(2,3)4/h5-7,10H,8-9,11-12H2,1-4H3,(H,18,19). The minimum atomic E-state index is -0.471. The molecular formula is C17H25N3O2. The molecule has 0 spiro atoms. The van der Waals surface area contributed by atoms with Gasteiger partial charge in [-0.25, -0.2) is 4.79 Å². The molecule has 120 valence electrons. The zero-order chi connectivity index (χ0) is 16.2. The molecule has 1 N–H and O–H groups in total. The van der Waals surface area contributed by atoms with Crippen LogP contribution in [0.1, 0.15) is 31.9 Å². The largest absolute Gasteiger partial charge is 0.444 e. The fraction of sp³-hybridized carbons (Fsp3) is 0.529. The average molecular weight is 303 g/mol. The van der Waals surface area contributed by atoms with E-state index >= 15 is 0 Å². The lowest BCUT2D eigenvalue weighted by Crippen LogP contribution is -2.47. The third-order valence-corrected chi connectivity index (χ3v) is 3.24. The Morgan fingerprint density at radius 3 is 2.86 bits per heavy atom. The van der Waals surface area contributed by atoms with Gasteiger partial charge in [0.15, 0.2) is 0 Å². The summed E-state index contributed by atoms with van der Waals surface area (Å²) in [5.41, 5.74) is 1.97. The predicted octanol–water partition coefficient (Wildman–Crippen LogP) is 2.73. The predicted molar refractivity (Wildman–Crippen MR) is 88.1 cm³/mol. The molecule has 0 saturated heterocycles. The van der Waals surface area contributed by atoms with Crippen molar-refractivity contribution in [1.29, 1.82) is 0 Å². The summed E-state index contributed by atoms with van der Waals surface area (Å²) in [6, 6.07) is 8.34. The third kappa shape index (κ3) is 5.06. The number of hydrogen-bond acceptors (Lipinski definition) is 4. The minimum Gasteiger partial charge on any atom is -0.444 e. The quantitative estimate of drug-likeness (QED) is 0.914. The van der Waals surface area contributed by atoms with Gasteiger partial charge in [0.1, 0.15) is 11.4 Å². The molecule has 1 amide bonds. The van der Waals surface area contributed by atoms with Gasteiger partial charge in [0, 0.05) is 13.1 Å². The van der Waals surface area contributed by atoms with E-state index in [0.29, 0.717) is 26.2 Å². The zero-order valence-electron chi connectivity index (χ0n) is 13.8. The molecule has 22 heavy (non-hydrogen) atoms. The van der Waals surface area contributed by atoms with Gasteiger partial charge in [-0.2, -0.15) is 0 Å². The molecule has 1 aliphatic rings. The van der Waals surface area contributed by atoms with Crippen molar-refractivity contribution in [2.75, 3.05) is 19.6 Å². The Bertz CT molecular complexity index is 561. The van der Waals surface area contributed by atoms with Crippen molar-refractivity contribution in [1.82, 2.24) is 10.2 Å². The molecule has 0 fully saturated rings. The lowest BCUT2D eigenvalue weighted by Gasteiger charge is -2.30. The number of nitrogens with one attached hydrogen (secondary N) is 1. The topological polar surface area (TPSA) is 53.9 Å². The second kappa shape index (κ2) is 6.81. The van der Waals surface area contributed by atoms with Gasteiger partial charge in [-0.3, -0.25) is 9.89 Å². The van der Waals surface area contributed by atoms with Crippen LogP contribution in [0.2, 0.25) is 0 Å². The number of nitrogens with zero attached hydrogens (tertiary/aromatic N) is 2. The SMILES string of the molecule is Cc1cccc(CNC2=NCCN(C(=O)OC(C)(C)C)C2)c1. The van der Waals surface area contributed by atoms with Crippen molar-refractivity contribution in [2.24, 2.45) is 4.99 Å². The average Bonchev–Trinajstić information content (AvgIpc) is 2.44. The molecule has 0 aliphatic carbocycles. The highest BCUT2D eigenvalue weighted by atomic mass is 16.6. The molecule has 1 aromatic carbocycles. The van der Waals surface area contributed by atoms with Crippen LogP contribution in [-0.4, -0.2) is 42.1 Å². The number of benzene rings is 1. The molecule has 1 heterocycles. The molecule has 0 radical (unpaired) electrons. The smallest absolute Gasteiger partial charge is 0.410 e. The van der Waals surface area contributed by atoms with E-state index in [0.717, 1.165) is 5.84 Å². The van der Waals surface area contributed by atoms with Crippen molar-refractivity contribution >= 4 is 11.9 Å². The molecule has 0 bridgehead atoms. The molecule has 0 saturated carbocycles. The number of aryl methyl sites for hydroxylation is 1. The first kappa shape index (κ1) is 16.3. The fourth-order valence-corrected chi connectivity index (χ4v) is 2.24. The maximum absolute atomic E-state index is 12.1. The van der Waals surface area contributed by atoms with E-state index in [1.165, 1.54) is 11.1 Å². The molecular weight excluding hydrogens is 278 g/mol. The van der Waals surface area contributed by atoms with Crippen molar-refractivity contribution in [3.8, 4) is 0 Å². The van der Waals surface area contributed by atoms with E-state index in [4.69, 9.17) is 4.74 Å². The maximum atomic E-state index is 12.1. The number of amides is 1. The molecule has 0 atom stereocenters. The minimum absolute atomic E-state index is 0.280. The Labute approximate surface area is 132 Å². The lowest BCUT2D eigenvalue weighted by atomic mass is 10.1. The van der Waals surface area contributed by atoms with Gasteiger partial charge in [-0.05, 0) is 33.3 Å². The van der Waals surface area contributed by atoms with Gasteiger partial charge in [0.2, 0.25) is 0 Å². The van der Waals surface area contributed by atoms with E-state index in [1.807, 2.05) is 26.8 Å². The van der Waals surface area contributed by atoms with Crippen molar-refractivity contribution < 1.29 is 9.53 Å². The normalized spacial score (nSPS) is 15.3. The number of hydrogen-bond donors (Lipinski definition) is 1. The van der Waals surface area contributed by atoms with Crippen LogP contribution in [0.15, 0.2) is 29.3 Å². The number of rotatable bonds is 2. The second-order valence-electron chi connectivity index (χ2n) is 6.57. The summed E-state index contributed by atoms with van der Waals surface area (Å²) in [7, 11) is 0. The molecule has 0 unspecified atom stereocenters. The number of amidine groups is 1. The highest BCUT2D eigenvalue weighted by Crippen LogP contribution is 2.11. The van der Waals surface area contributed by atoms with Crippen molar-refractivity contribution in [3.63, 3.8) is 0 Å². The first-order chi connectivity index (χ1) is 10.3. The number of ether oxygens (including phenoxy) is 1. The Balaban J connectivity index is 1.88. The summed E-state index contributed by atoms with van der Waals surface area (Å²) in [6.45, 7) is 10.1. The number of carbonyl (C=O) groups is 1. The lowest BCUT2D eigenvalue weighted by molar-refractivity contribution is 0.0276. The Morgan fingerprint density at radius 2 is 2.18 bits per heavy atom. The summed E-state index contributed by atoms with van der Waals surface area (Å²) in [6.07, 6.45) is -0.280. The third-order valence-electron chi connectivity index (χ3n) is 3.24. The maximum Gasteiger partial charge on any atom is 0.410 e. The summed E-state index contributed by atoms with van der Waals surface area (Å²) in [5, 5.41) is 3.31. The summed E-state index contributed by atoms with van der Waals surface area (Å²) in [4.78, 5) is 18.2. The van der Waals surface area contributed by atoms with E-state index in [2.05, 4.69) is 35.4 Å². The Kier molecular flexibility index (Phi) is 5.06. The summed E-state index contributed by atoms with van der Waals surface area (Å²) in [5.74, 6) is 0.832. The van der Waals surface area contributed by atoms with Crippen molar-refractivity contribution in [2.45, 2.75) is 39.8 Å². The highest BCUT2D eigenvalue weighted by Gasteiger charge is 2.24. The first-order valence-electron chi connectivity index (χ1n) is 7.64. The van der Waals surface area contributed by atoms with Gasteiger partial charge >= 0.3 is 6.09 Å². The van der Waals surface area contributed by atoms with E-state index in [-0.39, 0.29) is 6.09 Å². The van der Waals surface area contributed by atoms with Crippen LogP contribution < -0.4 is 5.32 Å². The first-order valence-corrected chi connectivity index (χ1v) is 7.64. The van der Waals surface area contributed by atoms with E-state index < -0.39 is 5.60 Å². The van der Waals surface area contributed by atoms with Crippen LogP contribution in [0.5, 0.6) is 0 Å². The molecule has 1 aliphatic heterocycles. The van der Waals surface area contributed by atoms with Gasteiger partial charge < -0.3 is 10.1 Å². The second-order valence-corrected chi connectivity index (χ2v) is 6.57. The number of aliphatic imine (C=N–C) groups is 1. The molecule has 2 rings (SSSR count). The van der Waals surface area contributed by atoms with Gasteiger partial charge in [-0.15, -0.1) is 0 Å². The van der Waals surface area contributed by atoms with E-state index in [9.17, 15) is 4.79 Å².